The van der Waals surface area contributed by atoms with Crippen molar-refractivity contribution < 1.29 is 4.74 Å². The molecule has 0 unspecified atom stereocenters. The van der Waals surface area contributed by atoms with Gasteiger partial charge in [-0.25, -0.2) is 4.98 Å². The van der Waals surface area contributed by atoms with Gasteiger partial charge in [-0.05, 0) is 37.1 Å². The minimum absolute atomic E-state index is 0.461. The quantitative estimate of drug-likeness (QED) is 0.818. The molecule has 0 aliphatic rings. The fourth-order valence-electron chi connectivity index (χ4n) is 1.89. The number of thiazole rings is 1. The first kappa shape index (κ1) is 16.3. The third-order valence-corrected chi connectivity index (χ3v) is 4.13. The summed E-state index contributed by atoms with van der Waals surface area (Å²) in [6, 6.07) is 5.92. The number of benzene rings is 1. The third kappa shape index (κ3) is 5.30. The normalized spacial score (nSPS) is 11.1. The maximum absolute atomic E-state index is 6.27. The van der Waals surface area contributed by atoms with Gasteiger partial charge >= 0.3 is 0 Å². The Balaban J connectivity index is 1.89. The average molecular weight is 325 g/mol. The van der Waals surface area contributed by atoms with Crippen LogP contribution >= 0.6 is 22.9 Å². The Morgan fingerprint density at radius 1 is 1.38 bits per heavy atom. The second kappa shape index (κ2) is 7.78. The summed E-state index contributed by atoms with van der Waals surface area (Å²) in [7, 11) is 0. The lowest BCUT2D eigenvalue weighted by Crippen LogP contribution is -2.18. The largest absolute Gasteiger partial charge is 0.485 e. The summed E-state index contributed by atoms with van der Waals surface area (Å²) < 4.78 is 5.73. The minimum Gasteiger partial charge on any atom is -0.485 e. The summed E-state index contributed by atoms with van der Waals surface area (Å²) in [5, 5.41) is 7.03. The van der Waals surface area contributed by atoms with E-state index in [2.05, 4.69) is 24.1 Å². The van der Waals surface area contributed by atoms with Crippen molar-refractivity contribution in [3.05, 3.63) is 44.9 Å². The van der Waals surface area contributed by atoms with E-state index in [0.717, 1.165) is 29.4 Å². The molecule has 5 heteroatoms. The Kier molecular flexibility index (Phi) is 6.03. The zero-order valence-corrected chi connectivity index (χ0v) is 14.2. The molecule has 1 N–H and O–H groups in total. The SMILES string of the molecule is Cc1csc(COc2ccc(CNCC(C)C)cc2Cl)n1. The summed E-state index contributed by atoms with van der Waals surface area (Å²) in [6.45, 7) is 8.65. The number of halogens is 1. The number of hydrogen-bond acceptors (Lipinski definition) is 4. The highest BCUT2D eigenvalue weighted by Gasteiger charge is 2.06. The van der Waals surface area contributed by atoms with E-state index in [1.807, 2.05) is 30.5 Å². The number of ether oxygens (including phenoxy) is 1. The number of hydrogen-bond donors (Lipinski definition) is 1. The first-order valence-corrected chi connectivity index (χ1v) is 8.33. The minimum atomic E-state index is 0.461. The van der Waals surface area contributed by atoms with E-state index in [1.165, 1.54) is 0 Å². The molecule has 2 aromatic rings. The molecule has 0 atom stereocenters. The molecule has 1 aromatic carbocycles. The van der Waals surface area contributed by atoms with E-state index in [-0.39, 0.29) is 0 Å². The molecule has 0 aliphatic carbocycles. The van der Waals surface area contributed by atoms with Crippen molar-refractivity contribution >= 4 is 22.9 Å². The molecule has 0 bridgehead atoms. The van der Waals surface area contributed by atoms with Crippen LogP contribution in [0.3, 0.4) is 0 Å². The Labute approximate surface area is 135 Å². The highest BCUT2D eigenvalue weighted by atomic mass is 35.5. The molecule has 0 fully saturated rings. The van der Waals surface area contributed by atoms with Gasteiger partial charge in [-0.3, -0.25) is 0 Å². The second-order valence-electron chi connectivity index (χ2n) is 5.46. The van der Waals surface area contributed by atoms with Crippen molar-refractivity contribution in [2.45, 2.75) is 33.9 Å². The maximum Gasteiger partial charge on any atom is 0.140 e. The molecule has 0 spiro atoms. The van der Waals surface area contributed by atoms with Crippen molar-refractivity contribution in [3.63, 3.8) is 0 Å². The predicted molar refractivity (Wildman–Crippen MR) is 89.2 cm³/mol. The lowest BCUT2D eigenvalue weighted by molar-refractivity contribution is 0.305. The van der Waals surface area contributed by atoms with Crippen molar-refractivity contribution in [3.8, 4) is 5.75 Å². The summed E-state index contributed by atoms with van der Waals surface area (Å²) in [6.07, 6.45) is 0. The lowest BCUT2D eigenvalue weighted by Gasteiger charge is -2.10. The van der Waals surface area contributed by atoms with Crippen LogP contribution in [0.15, 0.2) is 23.6 Å². The van der Waals surface area contributed by atoms with Crippen LogP contribution in [0.25, 0.3) is 0 Å². The van der Waals surface area contributed by atoms with Crippen LogP contribution in [0.4, 0.5) is 0 Å². The number of aromatic nitrogens is 1. The third-order valence-electron chi connectivity index (χ3n) is 2.90. The monoisotopic (exact) mass is 324 g/mol. The summed E-state index contributed by atoms with van der Waals surface area (Å²) in [4.78, 5) is 4.37. The highest BCUT2D eigenvalue weighted by Crippen LogP contribution is 2.26. The van der Waals surface area contributed by atoms with Crippen LogP contribution in [-0.4, -0.2) is 11.5 Å². The van der Waals surface area contributed by atoms with Crippen molar-refractivity contribution in [1.82, 2.24) is 10.3 Å². The van der Waals surface area contributed by atoms with Gasteiger partial charge in [0.05, 0.1) is 5.02 Å². The average Bonchev–Trinajstić information content (AvgIpc) is 2.83. The topological polar surface area (TPSA) is 34.1 Å². The van der Waals surface area contributed by atoms with Gasteiger partial charge in [-0.15, -0.1) is 11.3 Å². The standard InChI is InChI=1S/C16H21ClN2OS/c1-11(2)7-18-8-13-4-5-15(14(17)6-13)20-9-16-19-12(3)10-21-16/h4-6,10-11,18H,7-9H2,1-3H3. The molecule has 1 aromatic heterocycles. The van der Waals surface area contributed by atoms with E-state index < -0.39 is 0 Å². The van der Waals surface area contributed by atoms with Crippen molar-refractivity contribution in [1.29, 1.82) is 0 Å². The van der Waals surface area contributed by atoms with Crippen LogP contribution in [0, 0.1) is 12.8 Å². The van der Waals surface area contributed by atoms with Gasteiger partial charge in [0.1, 0.15) is 17.4 Å². The van der Waals surface area contributed by atoms with E-state index in [4.69, 9.17) is 16.3 Å². The molecule has 3 nitrogen and oxygen atoms in total. The molecule has 2 rings (SSSR count). The van der Waals surface area contributed by atoms with Gasteiger partial charge in [-0.2, -0.15) is 0 Å². The van der Waals surface area contributed by atoms with Gasteiger partial charge in [-0.1, -0.05) is 31.5 Å². The van der Waals surface area contributed by atoms with Crippen LogP contribution < -0.4 is 10.1 Å². The van der Waals surface area contributed by atoms with Crippen LogP contribution in [0.5, 0.6) is 5.75 Å². The van der Waals surface area contributed by atoms with E-state index in [0.29, 0.717) is 23.3 Å². The van der Waals surface area contributed by atoms with E-state index >= 15 is 0 Å². The lowest BCUT2D eigenvalue weighted by atomic mass is 10.2. The van der Waals surface area contributed by atoms with Crippen LogP contribution in [-0.2, 0) is 13.2 Å². The molecule has 0 saturated carbocycles. The zero-order chi connectivity index (χ0) is 15.2. The smallest absolute Gasteiger partial charge is 0.140 e. The number of nitrogens with one attached hydrogen (secondary N) is 1. The van der Waals surface area contributed by atoms with E-state index in [9.17, 15) is 0 Å². The number of rotatable bonds is 7. The maximum atomic E-state index is 6.27. The Hall–Kier alpha value is -1.10. The molecule has 114 valence electrons. The molecular weight excluding hydrogens is 304 g/mol. The predicted octanol–water partition coefficient (Wildman–Crippen LogP) is 4.43. The van der Waals surface area contributed by atoms with Gasteiger partial charge in [0.2, 0.25) is 0 Å². The Morgan fingerprint density at radius 3 is 2.81 bits per heavy atom. The Bertz CT molecular complexity index is 583. The fourth-order valence-corrected chi connectivity index (χ4v) is 2.83. The molecule has 0 aliphatic heterocycles. The van der Waals surface area contributed by atoms with Crippen LogP contribution in [0.2, 0.25) is 5.02 Å². The van der Waals surface area contributed by atoms with Crippen LogP contribution in [0.1, 0.15) is 30.1 Å². The fraction of sp³-hybridized carbons (Fsp3) is 0.438. The van der Waals surface area contributed by atoms with E-state index in [1.54, 1.807) is 11.3 Å². The molecule has 1 heterocycles. The van der Waals surface area contributed by atoms with Gasteiger partial charge in [0, 0.05) is 17.6 Å². The Morgan fingerprint density at radius 2 is 2.19 bits per heavy atom. The summed E-state index contributed by atoms with van der Waals surface area (Å²) in [5.74, 6) is 1.35. The van der Waals surface area contributed by atoms with Gasteiger partial charge in [0.15, 0.2) is 0 Å². The summed E-state index contributed by atoms with van der Waals surface area (Å²) in [5.41, 5.74) is 2.19. The first-order valence-electron chi connectivity index (χ1n) is 7.07. The first-order chi connectivity index (χ1) is 10.0. The molecule has 0 amide bonds. The van der Waals surface area contributed by atoms with Crippen molar-refractivity contribution in [2.75, 3.05) is 6.54 Å². The molecule has 0 radical (unpaired) electrons. The second-order valence-corrected chi connectivity index (χ2v) is 6.81. The van der Waals surface area contributed by atoms with Gasteiger partial charge < -0.3 is 10.1 Å². The highest BCUT2D eigenvalue weighted by molar-refractivity contribution is 7.09. The number of nitrogens with zero attached hydrogens (tertiary/aromatic N) is 1. The molecular formula is C16H21ClN2OS. The number of aryl methyl sites for hydroxylation is 1. The summed E-state index contributed by atoms with van der Waals surface area (Å²) >= 11 is 7.87. The zero-order valence-electron chi connectivity index (χ0n) is 12.6. The molecule has 0 saturated heterocycles. The van der Waals surface area contributed by atoms with Crippen molar-refractivity contribution in [2.24, 2.45) is 5.92 Å². The molecule has 21 heavy (non-hydrogen) atoms. The van der Waals surface area contributed by atoms with Gasteiger partial charge in [0.25, 0.3) is 0 Å².